The first-order chi connectivity index (χ1) is 34.7. The Kier molecular flexibility index (Phi) is 11.2. The number of aromatic amines is 1. The number of hydrogen-bond donors (Lipinski definition) is 3. The van der Waals surface area contributed by atoms with E-state index in [4.69, 9.17) is 28.9 Å². The number of carbonyl (C=O) groups is 4. The van der Waals surface area contributed by atoms with Crippen molar-refractivity contribution in [3.05, 3.63) is 106 Å². The zero-order valence-electron chi connectivity index (χ0n) is 42.7. The van der Waals surface area contributed by atoms with Crippen LogP contribution in [0.1, 0.15) is 95.9 Å². The Labute approximate surface area is 423 Å². The van der Waals surface area contributed by atoms with Crippen LogP contribution in [0.2, 0.25) is 0 Å². The van der Waals surface area contributed by atoms with Crippen molar-refractivity contribution in [3.8, 4) is 57.1 Å². The van der Waals surface area contributed by atoms with Gasteiger partial charge in [-0.2, -0.15) is 0 Å². The molecule has 18 heteroatoms. The normalized spacial score (nSPS) is 17.4. The molecule has 0 bridgehead atoms. The van der Waals surface area contributed by atoms with Crippen LogP contribution in [0.5, 0.6) is 11.5 Å². The van der Waals surface area contributed by atoms with Crippen molar-refractivity contribution in [1.82, 2.24) is 49.9 Å². The van der Waals surface area contributed by atoms with Gasteiger partial charge < -0.3 is 48.9 Å². The molecule has 73 heavy (non-hydrogen) atoms. The summed E-state index contributed by atoms with van der Waals surface area (Å²) in [6.07, 6.45) is 7.46. The smallest absolute Gasteiger partial charge is 0.410 e. The quantitative estimate of drug-likeness (QED) is 0.162. The number of aryl methyl sites for hydroxylation is 2. The Bertz CT molecular complexity index is 3240. The van der Waals surface area contributed by atoms with Crippen molar-refractivity contribution >= 4 is 24.0 Å². The van der Waals surface area contributed by atoms with Gasteiger partial charge in [0.2, 0.25) is 0 Å². The number of benzene rings is 2. The van der Waals surface area contributed by atoms with Gasteiger partial charge >= 0.3 is 12.2 Å². The zero-order valence-corrected chi connectivity index (χ0v) is 42.7. The highest BCUT2D eigenvalue weighted by Crippen LogP contribution is 2.43. The van der Waals surface area contributed by atoms with Gasteiger partial charge in [-0.1, -0.05) is 0 Å². The maximum absolute atomic E-state index is 13.4. The molecule has 3 N–H and O–H groups in total. The largest absolute Gasteiger partial charge is 0.497 e. The molecule has 4 amide bonds. The van der Waals surface area contributed by atoms with Crippen LogP contribution in [0.3, 0.4) is 0 Å². The number of hydrogen-bond acceptors (Lipinski definition) is 12. The van der Waals surface area contributed by atoms with Crippen molar-refractivity contribution in [1.29, 1.82) is 0 Å². The predicted molar refractivity (Wildman–Crippen MR) is 270 cm³/mol. The number of carbonyl (C=O) groups excluding carboxylic acids is 4. The summed E-state index contributed by atoms with van der Waals surface area (Å²) in [6.45, 7) is 12.8. The molecule has 0 saturated carbocycles. The second kappa shape index (κ2) is 17.2. The van der Waals surface area contributed by atoms with Gasteiger partial charge in [0, 0.05) is 81.0 Å². The number of aromatic nitrogens is 6. The highest BCUT2D eigenvalue weighted by atomic mass is 16.6. The van der Waals surface area contributed by atoms with E-state index < -0.39 is 22.3 Å². The summed E-state index contributed by atoms with van der Waals surface area (Å²) in [6, 6.07) is 15.3. The molecule has 4 aliphatic heterocycles. The monoisotopic (exact) mass is 988 g/mol. The number of fused-ring (bicyclic) bond motifs is 10. The first kappa shape index (κ1) is 47.6. The van der Waals surface area contributed by atoms with E-state index in [0.29, 0.717) is 50.7 Å². The lowest BCUT2D eigenvalue weighted by atomic mass is 9.80. The van der Waals surface area contributed by atoms with Crippen LogP contribution in [0.4, 0.5) is 9.59 Å². The van der Waals surface area contributed by atoms with Gasteiger partial charge in [-0.05, 0) is 138 Å². The lowest BCUT2D eigenvalue weighted by molar-refractivity contribution is -0.0172. The second-order valence-corrected chi connectivity index (χ2v) is 22.1. The zero-order chi connectivity index (χ0) is 51.4. The Morgan fingerprint density at radius 2 is 1.08 bits per heavy atom. The third-order valence-electron chi connectivity index (χ3n) is 14.5. The number of methoxy groups -OCH3 is 2. The molecule has 0 radical (unpaired) electrons. The molecular weight excluding hydrogens is 929 g/mol. The molecule has 12 rings (SSSR count). The highest BCUT2D eigenvalue weighted by Gasteiger charge is 2.53. The van der Waals surface area contributed by atoms with Crippen LogP contribution < -0.4 is 20.1 Å². The fraction of sp³-hybridized carbons (Fsp3) is 0.418. The summed E-state index contributed by atoms with van der Waals surface area (Å²) in [5.74, 6) is 2.66. The molecule has 6 aliphatic rings. The fourth-order valence-corrected chi connectivity index (χ4v) is 11.2. The van der Waals surface area contributed by atoms with Gasteiger partial charge in [-0.25, -0.2) is 29.5 Å². The fourth-order valence-electron chi connectivity index (χ4n) is 11.2. The molecule has 2 spiro atoms. The van der Waals surface area contributed by atoms with E-state index in [0.717, 1.165) is 116 Å². The van der Waals surface area contributed by atoms with E-state index in [2.05, 4.69) is 30.2 Å². The van der Waals surface area contributed by atoms with E-state index >= 15 is 0 Å². The number of likely N-dealkylation sites (tertiary alicyclic amines) is 2. The van der Waals surface area contributed by atoms with Gasteiger partial charge in [0.25, 0.3) is 11.8 Å². The molecule has 2 aliphatic carbocycles. The summed E-state index contributed by atoms with van der Waals surface area (Å²) in [4.78, 5) is 77.6. The first-order valence-electron chi connectivity index (χ1n) is 24.8. The summed E-state index contributed by atoms with van der Waals surface area (Å²) in [7, 11) is 5.29. The van der Waals surface area contributed by atoms with E-state index in [9.17, 15) is 19.2 Å². The predicted octanol–water partition coefficient (Wildman–Crippen LogP) is 7.05. The lowest BCUT2D eigenvalue weighted by Gasteiger charge is -2.51. The van der Waals surface area contributed by atoms with Crippen molar-refractivity contribution in [2.75, 3.05) is 40.4 Å². The van der Waals surface area contributed by atoms with Crippen molar-refractivity contribution < 1.29 is 38.1 Å². The SMILES string of the molecule is COc1ccc(-c2ncc3c(n2)-c2[nH]c4c(c2CC3)C(=O)NC2(C4)CN(C(=O)OC(C)(C)C)C2)cc1.COc1ccc(-c2ncc3c(n2)-c2c(c4c(n2C)CC2(CN(C(=O)OC(C)(C)C)C2)NC4=O)CC3)cc1. The number of nitrogens with one attached hydrogen (secondary N) is 3. The number of nitrogens with zero attached hydrogens (tertiary/aromatic N) is 7. The van der Waals surface area contributed by atoms with E-state index in [1.807, 2.05) is 110 Å². The van der Waals surface area contributed by atoms with Crippen molar-refractivity contribution in [3.63, 3.8) is 0 Å². The van der Waals surface area contributed by atoms with Gasteiger partial charge in [0.1, 0.15) is 22.7 Å². The molecule has 8 heterocycles. The van der Waals surface area contributed by atoms with E-state index in [1.54, 1.807) is 24.0 Å². The van der Waals surface area contributed by atoms with Gasteiger partial charge in [0.15, 0.2) is 11.6 Å². The molecule has 378 valence electrons. The Morgan fingerprint density at radius 3 is 1.59 bits per heavy atom. The van der Waals surface area contributed by atoms with Crippen LogP contribution >= 0.6 is 0 Å². The average molecular weight is 989 g/mol. The number of rotatable bonds is 4. The molecule has 18 nitrogen and oxygen atoms in total. The number of ether oxygens (including phenoxy) is 4. The van der Waals surface area contributed by atoms with Crippen LogP contribution in [0.25, 0.3) is 45.6 Å². The lowest BCUT2D eigenvalue weighted by Crippen LogP contribution is -2.74. The third-order valence-corrected chi connectivity index (χ3v) is 14.5. The third kappa shape index (κ3) is 8.59. The van der Waals surface area contributed by atoms with Crippen LogP contribution in [0.15, 0.2) is 60.9 Å². The standard InChI is InChI=1S/C28H31N5O4.C27H29N5O4/c1-27(2,3)37-26(35)33-14-28(15-33)12-20-21(25(34)31-28)19-11-8-17-13-29-24(30-22(17)23(19)32(20)4)16-6-9-18(36-5)10-7-16;1-26(2,3)36-25(34)32-13-27(14-32)11-19-20(24(33)31-27)18-10-7-16-12-28-23(30-21(16)22(18)29-19)15-5-8-17(35-4)9-6-15/h6-7,9-10,13H,8,11-12,14-15H2,1-5H3,(H,31,34);5-6,8-9,12,29H,7,10-11,13-14H2,1-4H3,(H,31,33). The van der Waals surface area contributed by atoms with Crippen LogP contribution in [-0.2, 0) is 55.0 Å². The average Bonchev–Trinajstić information content (AvgIpc) is 3.86. The minimum absolute atomic E-state index is 0.0742. The van der Waals surface area contributed by atoms with Gasteiger partial charge in [-0.15, -0.1) is 0 Å². The second-order valence-electron chi connectivity index (χ2n) is 22.1. The Hall–Kier alpha value is -7.76. The summed E-state index contributed by atoms with van der Waals surface area (Å²) in [5, 5.41) is 6.41. The molecule has 0 atom stereocenters. The molecule has 2 saturated heterocycles. The van der Waals surface area contributed by atoms with Gasteiger partial charge in [-0.3, -0.25) is 9.59 Å². The summed E-state index contributed by atoms with van der Waals surface area (Å²) < 4.78 is 23.7. The molecule has 6 aromatic rings. The molecule has 4 aromatic heterocycles. The topological polar surface area (TPSA) is 208 Å². The molecule has 0 unspecified atom stereocenters. The summed E-state index contributed by atoms with van der Waals surface area (Å²) in [5.41, 5.74) is 10.9. The van der Waals surface area contributed by atoms with Crippen molar-refractivity contribution in [2.24, 2.45) is 7.05 Å². The molecular formula is C55H60N10O8. The van der Waals surface area contributed by atoms with Crippen LogP contribution in [-0.4, -0.2) is 126 Å². The van der Waals surface area contributed by atoms with E-state index in [-0.39, 0.29) is 24.0 Å². The Balaban J connectivity index is 0.000000157. The van der Waals surface area contributed by atoms with E-state index in [1.165, 1.54) is 0 Å². The first-order valence-corrected chi connectivity index (χ1v) is 24.8. The number of amides is 4. The molecule has 2 fully saturated rings. The Morgan fingerprint density at radius 1 is 0.616 bits per heavy atom. The number of H-pyrrole nitrogens is 1. The minimum atomic E-state index is -0.556. The maximum atomic E-state index is 13.4. The molecule has 2 aromatic carbocycles. The van der Waals surface area contributed by atoms with Crippen molar-refractivity contribution in [2.45, 2.75) is 102 Å². The highest BCUT2D eigenvalue weighted by molar-refractivity contribution is 6.02. The van der Waals surface area contributed by atoms with Crippen LogP contribution in [0, 0.1) is 0 Å². The maximum Gasteiger partial charge on any atom is 0.410 e. The minimum Gasteiger partial charge on any atom is -0.497 e. The van der Waals surface area contributed by atoms with Gasteiger partial charge in [0.05, 0.1) is 59.2 Å². The summed E-state index contributed by atoms with van der Waals surface area (Å²) >= 11 is 0.